The highest BCUT2D eigenvalue weighted by Gasteiger charge is 2.18. The van der Waals surface area contributed by atoms with Crippen LogP contribution in [-0.2, 0) is 11.3 Å². The molecule has 0 aromatic heterocycles. The van der Waals surface area contributed by atoms with E-state index in [1.165, 1.54) is 0 Å². The van der Waals surface area contributed by atoms with E-state index in [0.29, 0.717) is 23.9 Å². The van der Waals surface area contributed by atoms with Gasteiger partial charge in [-0.1, -0.05) is 47.4 Å². The molecule has 0 aliphatic rings. The Morgan fingerprint density at radius 1 is 1.50 bits per heavy atom. The number of rotatable bonds is 6. The van der Waals surface area contributed by atoms with Gasteiger partial charge < -0.3 is 10.4 Å². The van der Waals surface area contributed by atoms with E-state index < -0.39 is 12.0 Å². The second-order valence-electron chi connectivity index (χ2n) is 4.64. The minimum absolute atomic E-state index is 0.340. The number of halogens is 2. The first kappa shape index (κ1) is 15.5. The summed E-state index contributed by atoms with van der Waals surface area (Å²) in [6.07, 6.45) is 0.612. The quantitative estimate of drug-likeness (QED) is 0.834. The van der Waals surface area contributed by atoms with Crippen LogP contribution < -0.4 is 5.32 Å². The molecule has 0 radical (unpaired) electrons. The van der Waals surface area contributed by atoms with Crippen LogP contribution in [0, 0.1) is 5.92 Å². The first-order chi connectivity index (χ1) is 8.40. The molecule has 0 unspecified atom stereocenters. The van der Waals surface area contributed by atoms with Gasteiger partial charge in [0.2, 0.25) is 0 Å². The molecular weight excluding hydrogens is 318 g/mol. The van der Waals surface area contributed by atoms with E-state index >= 15 is 0 Å². The van der Waals surface area contributed by atoms with Gasteiger partial charge >= 0.3 is 5.97 Å². The molecule has 0 spiro atoms. The van der Waals surface area contributed by atoms with Gasteiger partial charge in [0.1, 0.15) is 6.04 Å². The molecule has 0 heterocycles. The van der Waals surface area contributed by atoms with Gasteiger partial charge in [0.25, 0.3) is 0 Å². The summed E-state index contributed by atoms with van der Waals surface area (Å²) >= 11 is 9.27. The molecule has 1 aromatic rings. The Kier molecular flexibility index (Phi) is 6.12. The van der Waals surface area contributed by atoms with Gasteiger partial charge in [-0.2, -0.15) is 0 Å². The highest BCUT2D eigenvalue weighted by Crippen LogP contribution is 2.21. The number of hydrogen-bond donors (Lipinski definition) is 2. The summed E-state index contributed by atoms with van der Waals surface area (Å²) in [5.41, 5.74) is 0.995. The third-order valence-electron chi connectivity index (χ3n) is 2.56. The average Bonchev–Trinajstić information content (AvgIpc) is 2.25. The smallest absolute Gasteiger partial charge is 0.320 e. The van der Waals surface area contributed by atoms with Gasteiger partial charge in [-0.05, 0) is 30.0 Å². The Hall–Kier alpha value is -0.580. The van der Waals surface area contributed by atoms with Crippen LogP contribution in [0.1, 0.15) is 25.8 Å². The first-order valence-electron chi connectivity index (χ1n) is 5.80. The van der Waals surface area contributed by atoms with Crippen LogP contribution in [0.15, 0.2) is 22.7 Å². The Morgan fingerprint density at radius 3 is 2.67 bits per heavy atom. The van der Waals surface area contributed by atoms with Gasteiger partial charge in [-0.3, -0.25) is 4.79 Å². The highest BCUT2D eigenvalue weighted by atomic mass is 79.9. The Labute approximate surface area is 121 Å². The fourth-order valence-electron chi connectivity index (χ4n) is 1.64. The van der Waals surface area contributed by atoms with Crippen molar-refractivity contribution in [3.8, 4) is 0 Å². The lowest BCUT2D eigenvalue weighted by molar-refractivity contribution is -0.140. The zero-order valence-electron chi connectivity index (χ0n) is 10.4. The second-order valence-corrected chi connectivity index (χ2v) is 5.93. The van der Waals surface area contributed by atoms with E-state index in [9.17, 15) is 4.79 Å². The zero-order chi connectivity index (χ0) is 13.7. The lowest BCUT2D eigenvalue weighted by Crippen LogP contribution is -2.37. The molecule has 0 saturated heterocycles. The highest BCUT2D eigenvalue weighted by molar-refractivity contribution is 9.10. The van der Waals surface area contributed by atoms with Crippen LogP contribution in [0.2, 0.25) is 5.02 Å². The lowest BCUT2D eigenvalue weighted by Gasteiger charge is -2.17. The van der Waals surface area contributed by atoms with E-state index in [-0.39, 0.29) is 0 Å². The van der Waals surface area contributed by atoms with Crippen molar-refractivity contribution in [1.82, 2.24) is 5.32 Å². The third kappa shape index (κ3) is 4.96. The van der Waals surface area contributed by atoms with Gasteiger partial charge in [-0.25, -0.2) is 0 Å². The fourth-order valence-corrected chi connectivity index (χ4v) is 2.46. The van der Waals surface area contributed by atoms with Crippen molar-refractivity contribution in [3.63, 3.8) is 0 Å². The standard InChI is InChI=1S/C13H17BrClNO2/c1-8(2)5-12(13(17)18)16-7-9-3-4-10(15)6-11(9)14/h3-4,6,8,12,16H,5,7H2,1-2H3,(H,17,18)/t12-/m0/s1. The summed E-state index contributed by atoms with van der Waals surface area (Å²) in [5, 5.41) is 12.8. The molecule has 1 rings (SSSR count). The van der Waals surface area contributed by atoms with Crippen molar-refractivity contribution in [2.75, 3.05) is 0 Å². The summed E-state index contributed by atoms with van der Waals surface area (Å²) in [6.45, 7) is 4.52. The van der Waals surface area contributed by atoms with Crippen LogP contribution in [0.25, 0.3) is 0 Å². The largest absolute Gasteiger partial charge is 0.480 e. The molecule has 5 heteroatoms. The molecule has 0 aliphatic heterocycles. The molecule has 0 amide bonds. The number of carboxylic acids is 1. The summed E-state index contributed by atoms with van der Waals surface area (Å²) in [6, 6.07) is 4.96. The van der Waals surface area contributed by atoms with Gasteiger partial charge in [0, 0.05) is 16.0 Å². The number of carbonyl (C=O) groups is 1. The molecule has 0 bridgehead atoms. The van der Waals surface area contributed by atoms with Gasteiger partial charge in [-0.15, -0.1) is 0 Å². The second kappa shape index (κ2) is 7.12. The summed E-state index contributed by atoms with van der Waals surface area (Å²) < 4.78 is 0.885. The van der Waals surface area contributed by atoms with Crippen LogP contribution in [-0.4, -0.2) is 17.1 Å². The summed E-state index contributed by atoms with van der Waals surface area (Å²) in [7, 11) is 0. The maximum atomic E-state index is 11.1. The number of aliphatic carboxylic acids is 1. The molecule has 0 fully saturated rings. The molecule has 2 N–H and O–H groups in total. The van der Waals surface area contributed by atoms with E-state index in [0.717, 1.165) is 10.0 Å². The number of nitrogens with one attached hydrogen (secondary N) is 1. The molecule has 0 saturated carbocycles. The van der Waals surface area contributed by atoms with E-state index in [1.54, 1.807) is 12.1 Å². The minimum Gasteiger partial charge on any atom is -0.480 e. The molecule has 3 nitrogen and oxygen atoms in total. The Morgan fingerprint density at radius 2 is 2.17 bits per heavy atom. The lowest BCUT2D eigenvalue weighted by atomic mass is 10.0. The van der Waals surface area contributed by atoms with E-state index in [2.05, 4.69) is 21.2 Å². The fraction of sp³-hybridized carbons (Fsp3) is 0.462. The zero-order valence-corrected chi connectivity index (χ0v) is 12.8. The molecular formula is C13H17BrClNO2. The molecule has 0 aliphatic carbocycles. The number of hydrogen-bond acceptors (Lipinski definition) is 2. The van der Waals surface area contributed by atoms with Gasteiger partial charge in [0.05, 0.1) is 0 Å². The monoisotopic (exact) mass is 333 g/mol. The predicted molar refractivity (Wildman–Crippen MR) is 76.9 cm³/mol. The van der Waals surface area contributed by atoms with E-state index in [1.807, 2.05) is 19.9 Å². The van der Waals surface area contributed by atoms with Crippen molar-refractivity contribution in [3.05, 3.63) is 33.3 Å². The van der Waals surface area contributed by atoms with Gasteiger partial charge in [0.15, 0.2) is 0 Å². The Bertz CT molecular complexity index is 423. The molecule has 1 atom stereocenters. The van der Waals surface area contributed by atoms with Crippen molar-refractivity contribution in [1.29, 1.82) is 0 Å². The molecule has 1 aromatic carbocycles. The number of benzene rings is 1. The first-order valence-corrected chi connectivity index (χ1v) is 6.97. The van der Waals surface area contributed by atoms with Crippen molar-refractivity contribution in [2.45, 2.75) is 32.9 Å². The predicted octanol–water partition coefficient (Wildman–Crippen LogP) is 3.69. The maximum absolute atomic E-state index is 11.1. The summed E-state index contributed by atoms with van der Waals surface area (Å²) in [5.74, 6) is -0.471. The minimum atomic E-state index is -0.811. The topological polar surface area (TPSA) is 49.3 Å². The SMILES string of the molecule is CC(C)C[C@H](NCc1ccc(Cl)cc1Br)C(=O)O. The van der Waals surface area contributed by atoms with Crippen LogP contribution in [0.5, 0.6) is 0 Å². The third-order valence-corrected chi connectivity index (χ3v) is 3.53. The normalized spacial score (nSPS) is 12.7. The van der Waals surface area contributed by atoms with Crippen LogP contribution >= 0.6 is 27.5 Å². The van der Waals surface area contributed by atoms with Crippen molar-refractivity contribution in [2.24, 2.45) is 5.92 Å². The van der Waals surface area contributed by atoms with Crippen molar-refractivity contribution < 1.29 is 9.90 Å². The van der Waals surface area contributed by atoms with E-state index in [4.69, 9.17) is 16.7 Å². The average molecular weight is 335 g/mol. The Balaban J connectivity index is 2.64. The molecule has 18 heavy (non-hydrogen) atoms. The summed E-state index contributed by atoms with van der Waals surface area (Å²) in [4.78, 5) is 11.1. The number of carboxylic acid groups (broad SMARTS) is 1. The van der Waals surface area contributed by atoms with Crippen LogP contribution in [0.4, 0.5) is 0 Å². The van der Waals surface area contributed by atoms with Crippen molar-refractivity contribution >= 4 is 33.5 Å². The molecule has 100 valence electrons. The maximum Gasteiger partial charge on any atom is 0.320 e. The van der Waals surface area contributed by atoms with Crippen LogP contribution in [0.3, 0.4) is 0 Å².